The molecule has 32 heavy (non-hydrogen) atoms. The summed E-state index contributed by atoms with van der Waals surface area (Å²) in [6.07, 6.45) is 0. The van der Waals surface area contributed by atoms with Gasteiger partial charge in [0.1, 0.15) is 5.82 Å². The third-order valence-corrected chi connectivity index (χ3v) is 5.73. The lowest BCUT2D eigenvalue weighted by atomic mass is 10.1. The maximum absolute atomic E-state index is 13.5. The molecule has 2 aromatic carbocycles. The number of likely N-dealkylation sites (N-methyl/N-ethyl adjacent to an activating group) is 1. The van der Waals surface area contributed by atoms with Crippen LogP contribution in [0.5, 0.6) is 0 Å². The summed E-state index contributed by atoms with van der Waals surface area (Å²) < 4.78 is 0. The lowest BCUT2D eigenvalue weighted by molar-refractivity contribution is -0.117. The van der Waals surface area contributed by atoms with Crippen molar-refractivity contribution in [2.24, 2.45) is 0 Å². The van der Waals surface area contributed by atoms with Crippen LogP contribution >= 0.6 is 23.2 Å². The molecule has 1 unspecified atom stereocenters. The summed E-state index contributed by atoms with van der Waals surface area (Å²) in [5, 5.41) is 6.86. The number of benzene rings is 2. The van der Waals surface area contributed by atoms with Crippen LogP contribution in [0, 0.1) is 0 Å². The number of hydrogen-bond donors (Lipinski definition) is 2. The Morgan fingerprint density at radius 1 is 0.969 bits per heavy atom. The molecule has 0 radical (unpaired) electrons. The number of aromatic nitrogens is 1. The van der Waals surface area contributed by atoms with Crippen LogP contribution in [0.3, 0.4) is 0 Å². The van der Waals surface area contributed by atoms with Crippen LogP contribution < -0.4 is 20.4 Å². The van der Waals surface area contributed by atoms with Crippen LogP contribution in [-0.4, -0.2) is 30.0 Å². The minimum atomic E-state index is -0.370. The first-order valence-electron chi connectivity index (χ1n) is 9.98. The number of anilines is 4. The van der Waals surface area contributed by atoms with Crippen molar-refractivity contribution in [2.75, 3.05) is 22.2 Å². The molecule has 3 aromatic rings. The van der Waals surface area contributed by atoms with Gasteiger partial charge in [-0.05, 0) is 74.6 Å². The Morgan fingerprint density at radius 3 is 2.16 bits per heavy atom. The predicted octanol–water partition coefficient (Wildman–Crippen LogP) is 5.21. The molecule has 1 aliphatic rings. The molecule has 1 atom stereocenters. The van der Waals surface area contributed by atoms with Gasteiger partial charge in [-0.25, -0.2) is 9.78 Å². The Kier molecular flexibility index (Phi) is 6.32. The normalized spacial score (nSPS) is 14.2. The van der Waals surface area contributed by atoms with E-state index >= 15 is 0 Å². The summed E-state index contributed by atoms with van der Waals surface area (Å²) in [5.74, 6) is 0.216. The molecule has 0 spiro atoms. The van der Waals surface area contributed by atoms with E-state index < -0.39 is 0 Å². The average Bonchev–Trinajstić information content (AvgIpc) is 2.79. The van der Waals surface area contributed by atoms with Gasteiger partial charge in [0.15, 0.2) is 0 Å². The van der Waals surface area contributed by atoms with Gasteiger partial charge in [0.25, 0.3) is 0 Å². The number of carbonyl (C=O) groups excluding carboxylic acids is 2. The quantitative estimate of drug-likeness (QED) is 0.537. The Labute approximate surface area is 195 Å². The van der Waals surface area contributed by atoms with Crippen molar-refractivity contribution in [3.8, 4) is 0 Å². The average molecular weight is 470 g/mol. The number of pyridine rings is 1. The molecule has 164 valence electrons. The highest BCUT2D eigenvalue weighted by atomic mass is 35.5. The van der Waals surface area contributed by atoms with Crippen LogP contribution in [0.4, 0.5) is 27.7 Å². The number of halogens is 2. The van der Waals surface area contributed by atoms with E-state index in [0.717, 1.165) is 0 Å². The number of rotatable bonds is 5. The fourth-order valence-corrected chi connectivity index (χ4v) is 3.60. The summed E-state index contributed by atoms with van der Waals surface area (Å²) in [6.45, 7) is 2.00. The Morgan fingerprint density at radius 2 is 1.56 bits per heavy atom. The second-order valence-corrected chi connectivity index (χ2v) is 8.19. The molecule has 1 aliphatic heterocycles. The SMILES string of the molecule is CNC(C)C(=O)Nc1ccc2c(n1)CN(c1ccc(Cl)cc1)C(=O)N2c1ccc(Cl)cc1. The predicted molar refractivity (Wildman–Crippen MR) is 128 cm³/mol. The second kappa shape index (κ2) is 9.16. The van der Waals surface area contributed by atoms with E-state index in [2.05, 4.69) is 15.6 Å². The van der Waals surface area contributed by atoms with Gasteiger partial charge in [-0.15, -0.1) is 0 Å². The Balaban J connectivity index is 1.76. The van der Waals surface area contributed by atoms with Crippen molar-refractivity contribution >= 4 is 58.0 Å². The minimum Gasteiger partial charge on any atom is -0.309 e. The number of amides is 3. The van der Waals surface area contributed by atoms with Crippen LogP contribution in [0.25, 0.3) is 0 Å². The van der Waals surface area contributed by atoms with Crippen molar-refractivity contribution in [3.63, 3.8) is 0 Å². The van der Waals surface area contributed by atoms with Crippen molar-refractivity contribution in [2.45, 2.75) is 19.5 Å². The standard InChI is InChI=1S/C23H21Cl2N5O2/c1-14(26-2)22(31)28-21-12-11-20-19(27-21)13-29(17-7-3-15(24)4-8-17)23(32)30(20)18-9-5-16(25)6-10-18/h3-12,14,26H,13H2,1-2H3,(H,27,28,31). The van der Waals surface area contributed by atoms with E-state index in [-0.39, 0.29) is 24.5 Å². The summed E-state index contributed by atoms with van der Waals surface area (Å²) in [4.78, 5) is 33.7. The second-order valence-electron chi connectivity index (χ2n) is 7.32. The highest BCUT2D eigenvalue weighted by Crippen LogP contribution is 2.37. The number of nitrogens with one attached hydrogen (secondary N) is 2. The molecule has 0 saturated heterocycles. The van der Waals surface area contributed by atoms with Gasteiger partial charge >= 0.3 is 6.03 Å². The fraction of sp³-hybridized carbons (Fsp3) is 0.174. The van der Waals surface area contributed by atoms with E-state index in [1.54, 1.807) is 84.4 Å². The maximum atomic E-state index is 13.5. The van der Waals surface area contributed by atoms with Gasteiger partial charge in [-0.3, -0.25) is 14.6 Å². The highest BCUT2D eigenvalue weighted by Gasteiger charge is 2.33. The maximum Gasteiger partial charge on any atom is 0.334 e. The first kappa shape index (κ1) is 22.1. The first-order chi connectivity index (χ1) is 15.4. The molecular formula is C23H21Cl2N5O2. The molecule has 2 heterocycles. The number of fused-ring (bicyclic) bond motifs is 1. The van der Waals surface area contributed by atoms with Crippen LogP contribution in [0.2, 0.25) is 10.0 Å². The van der Waals surface area contributed by atoms with Gasteiger partial charge in [-0.1, -0.05) is 23.2 Å². The highest BCUT2D eigenvalue weighted by molar-refractivity contribution is 6.31. The summed E-state index contributed by atoms with van der Waals surface area (Å²) in [6, 6.07) is 16.9. The number of urea groups is 1. The van der Waals surface area contributed by atoms with E-state index in [4.69, 9.17) is 23.2 Å². The van der Waals surface area contributed by atoms with Crippen LogP contribution in [-0.2, 0) is 11.3 Å². The summed E-state index contributed by atoms with van der Waals surface area (Å²) >= 11 is 12.1. The monoisotopic (exact) mass is 469 g/mol. The zero-order valence-corrected chi connectivity index (χ0v) is 19.0. The van der Waals surface area contributed by atoms with Gasteiger partial charge < -0.3 is 10.6 Å². The topological polar surface area (TPSA) is 77.6 Å². The Bertz CT molecular complexity index is 1150. The van der Waals surface area contributed by atoms with Gasteiger partial charge in [0.05, 0.1) is 29.7 Å². The largest absolute Gasteiger partial charge is 0.334 e. The minimum absolute atomic E-state index is 0.198. The third-order valence-electron chi connectivity index (χ3n) is 5.22. The molecule has 7 nitrogen and oxygen atoms in total. The first-order valence-corrected chi connectivity index (χ1v) is 10.7. The Hall–Kier alpha value is -3.13. The molecular weight excluding hydrogens is 449 g/mol. The van der Waals surface area contributed by atoms with Gasteiger partial charge in [0.2, 0.25) is 5.91 Å². The molecule has 2 N–H and O–H groups in total. The fourth-order valence-electron chi connectivity index (χ4n) is 3.35. The summed E-state index contributed by atoms with van der Waals surface area (Å²) in [7, 11) is 1.71. The zero-order chi connectivity index (χ0) is 22.8. The smallest absolute Gasteiger partial charge is 0.309 e. The van der Waals surface area contributed by atoms with E-state index in [1.807, 2.05) is 0 Å². The van der Waals surface area contributed by atoms with E-state index in [9.17, 15) is 9.59 Å². The molecule has 4 rings (SSSR count). The molecule has 1 aromatic heterocycles. The summed E-state index contributed by atoms with van der Waals surface area (Å²) in [5.41, 5.74) is 2.62. The number of carbonyl (C=O) groups is 2. The lowest BCUT2D eigenvalue weighted by Crippen LogP contribution is -2.45. The van der Waals surface area contributed by atoms with Crippen molar-refractivity contribution in [1.82, 2.24) is 10.3 Å². The molecule has 0 bridgehead atoms. The van der Waals surface area contributed by atoms with Crippen LogP contribution in [0.1, 0.15) is 12.6 Å². The van der Waals surface area contributed by atoms with Crippen molar-refractivity contribution in [3.05, 3.63) is 76.4 Å². The van der Waals surface area contributed by atoms with Gasteiger partial charge in [-0.2, -0.15) is 0 Å². The molecule has 3 amide bonds. The molecule has 9 heteroatoms. The molecule has 0 fully saturated rings. The third kappa shape index (κ3) is 4.41. The number of hydrogen-bond acceptors (Lipinski definition) is 4. The van der Waals surface area contributed by atoms with E-state index in [1.165, 1.54) is 0 Å². The van der Waals surface area contributed by atoms with E-state index in [0.29, 0.717) is 38.6 Å². The van der Waals surface area contributed by atoms with Crippen molar-refractivity contribution < 1.29 is 9.59 Å². The van der Waals surface area contributed by atoms with Crippen molar-refractivity contribution in [1.29, 1.82) is 0 Å². The zero-order valence-electron chi connectivity index (χ0n) is 17.5. The lowest BCUT2D eigenvalue weighted by Gasteiger charge is -2.36. The van der Waals surface area contributed by atoms with Crippen LogP contribution in [0.15, 0.2) is 60.7 Å². The molecule has 0 aliphatic carbocycles. The molecule has 0 saturated carbocycles. The number of nitrogens with zero attached hydrogens (tertiary/aromatic N) is 3. The van der Waals surface area contributed by atoms with Gasteiger partial charge in [0, 0.05) is 15.7 Å².